The maximum Gasteiger partial charge on any atom is 0.312 e. The lowest BCUT2D eigenvalue weighted by Gasteiger charge is -2.29. The first-order chi connectivity index (χ1) is 8.95. The molecule has 0 fully saturated rings. The van der Waals surface area contributed by atoms with Crippen LogP contribution in [0.5, 0.6) is 0 Å². The Bertz CT molecular complexity index is 512. The summed E-state index contributed by atoms with van der Waals surface area (Å²) in [6.45, 7) is 3.74. The van der Waals surface area contributed by atoms with E-state index in [9.17, 15) is 10.1 Å². The number of nitriles is 1. The smallest absolute Gasteiger partial charge is 0.312 e. The molecule has 102 valence electrons. The van der Waals surface area contributed by atoms with Gasteiger partial charge in [0, 0.05) is 24.4 Å². The first-order valence-electron chi connectivity index (χ1n) is 5.89. The van der Waals surface area contributed by atoms with Crippen molar-refractivity contribution >= 4 is 11.5 Å². The van der Waals surface area contributed by atoms with Gasteiger partial charge in [-0.05, 0) is 19.8 Å². The summed E-state index contributed by atoms with van der Waals surface area (Å²) in [4.78, 5) is 14.3. The van der Waals surface area contributed by atoms with Gasteiger partial charge >= 0.3 is 5.69 Å². The van der Waals surface area contributed by atoms with Gasteiger partial charge in [-0.15, -0.1) is 0 Å². The summed E-state index contributed by atoms with van der Waals surface area (Å²) in [5, 5.41) is 31.7. The molecule has 1 atom stereocenters. The largest absolute Gasteiger partial charge is 0.396 e. The Labute approximate surface area is 111 Å². The predicted octanol–water partition coefficient (Wildman–Crippen LogP) is 1.82. The summed E-state index contributed by atoms with van der Waals surface area (Å²) >= 11 is 0. The molecule has 0 aromatic carbocycles. The molecule has 1 heterocycles. The highest BCUT2D eigenvalue weighted by atomic mass is 16.6. The molecule has 0 amide bonds. The number of nitrogens with zero attached hydrogens (tertiary/aromatic N) is 3. The maximum absolute atomic E-state index is 11.0. The fourth-order valence-electron chi connectivity index (χ4n) is 1.61. The number of aliphatic hydroxyl groups is 1. The van der Waals surface area contributed by atoms with Crippen molar-refractivity contribution in [2.45, 2.75) is 32.2 Å². The average molecular weight is 264 g/mol. The molecule has 1 unspecified atom stereocenters. The lowest BCUT2D eigenvalue weighted by molar-refractivity contribution is -0.384. The minimum absolute atomic E-state index is 0.0264. The SMILES string of the molecule is CCC(C)(CCO)Nc1ncc(C#N)cc1[N+](=O)[O-]. The van der Waals surface area contributed by atoms with Gasteiger partial charge in [0.05, 0.1) is 10.5 Å². The number of hydrogen-bond acceptors (Lipinski definition) is 6. The number of pyridine rings is 1. The van der Waals surface area contributed by atoms with Gasteiger partial charge in [-0.1, -0.05) is 6.92 Å². The van der Waals surface area contributed by atoms with Crippen LogP contribution >= 0.6 is 0 Å². The number of nitro groups is 1. The Kier molecular flexibility index (Phi) is 4.78. The lowest BCUT2D eigenvalue weighted by Crippen LogP contribution is -2.35. The molecule has 0 radical (unpaired) electrons. The third kappa shape index (κ3) is 3.63. The summed E-state index contributed by atoms with van der Waals surface area (Å²) < 4.78 is 0. The zero-order chi connectivity index (χ0) is 14.5. The van der Waals surface area contributed by atoms with Gasteiger partial charge in [0.2, 0.25) is 5.82 Å². The Morgan fingerprint density at radius 2 is 2.37 bits per heavy atom. The number of aromatic nitrogens is 1. The van der Waals surface area contributed by atoms with Crippen LogP contribution in [-0.2, 0) is 0 Å². The zero-order valence-corrected chi connectivity index (χ0v) is 10.9. The minimum Gasteiger partial charge on any atom is -0.396 e. The highest BCUT2D eigenvalue weighted by Gasteiger charge is 2.26. The van der Waals surface area contributed by atoms with Crippen LogP contribution in [0.3, 0.4) is 0 Å². The molecule has 0 spiro atoms. The van der Waals surface area contributed by atoms with E-state index in [4.69, 9.17) is 10.4 Å². The van der Waals surface area contributed by atoms with Crippen molar-refractivity contribution < 1.29 is 10.0 Å². The van der Waals surface area contributed by atoms with Crippen molar-refractivity contribution in [2.75, 3.05) is 11.9 Å². The second-order valence-corrected chi connectivity index (χ2v) is 4.47. The fraction of sp³-hybridized carbons (Fsp3) is 0.500. The topological polar surface area (TPSA) is 112 Å². The number of nitrogens with one attached hydrogen (secondary N) is 1. The molecule has 1 aromatic heterocycles. The van der Waals surface area contributed by atoms with Gasteiger partial charge < -0.3 is 10.4 Å². The molecule has 7 nitrogen and oxygen atoms in total. The van der Waals surface area contributed by atoms with Crippen LogP contribution in [0.15, 0.2) is 12.3 Å². The molecule has 1 aromatic rings. The third-order valence-corrected chi connectivity index (χ3v) is 3.06. The van der Waals surface area contributed by atoms with Crippen molar-refractivity contribution in [3.8, 4) is 6.07 Å². The Morgan fingerprint density at radius 3 is 2.84 bits per heavy atom. The van der Waals surface area contributed by atoms with Crippen molar-refractivity contribution in [3.05, 3.63) is 27.9 Å². The molecule has 0 aliphatic rings. The Morgan fingerprint density at radius 1 is 1.68 bits per heavy atom. The first kappa shape index (κ1) is 14.9. The third-order valence-electron chi connectivity index (χ3n) is 3.06. The molecule has 0 saturated carbocycles. The number of rotatable bonds is 6. The number of anilines is 1. The number of aliphatic hydroxyl groups excluding tert-OH is 1. The summed E-state index contributed by atoms with van der Waals surface area (Å²) in [5.41, 5.74) is -0.588. The van der Waals surface area contributed by atoms with Gasteiger partial charge in [0.15, 0.2) is 0 Å². The molecule has 1 rings (SSSR count). The highest BCUT2D eigenvalue weighted by Crippen LogP contribution is 2.28. The molecule has 2 N–H and O–H groups in total. The van der Waals surface area contributed by atoms with Crippen LogP contribution in [0.1, 0.15) is 32.3 Å². The van der Waals surface area contributed by atoms with Crippen LogP contribution in [0.4, 0.5) is 11.5 Å². The van der Waals surface area contributed by atoms with E-state index in [1.807, 2.05) is 19.9 Å². The van der Waals surface area contributed by atoms with E-state index in [1.165, 1.54) is 12.3 Å². The molecule has 0 saturated heterocycles. The highest BCUT2D eigenvalue weighted by molar-refractivity contribution is 5.59. The summed E-state index contributed by atoms with van der Waals surface area (Å²) in [5.74, 6) is 0.113. The molecule has 19 heavy (non-hydrogen) atoms. The predicted molar refractivity (Wildman–Crippen MR) is 69.6 cm³/mol. The first-order valence-corrected chi connectivity index (χ1v) is 5.89. The van der Waals surface area contributed by atoms with Gasteiger partial charge in [-0.2, -0.15) is 5.26 Å². The van der Waals surface area contributed by atoms with Crippen molar-refractivity contribution in [2.24, 2.45) is 0 Å². The van der Waals surface area contributed by atoms with Crippen LogP contribution < -0.4 is 5.32 Å². The van der Waals surface area contributed by atoms with Crippen molar-refractivity contribution in [1.82, 2.24) is 4.98 Å². The average Bonchev–Trinajstić information content (AvgIpc) is 2.39. The van der Waals surface area contributed by atoms with Crippen molar-refractivity contribution in [1.29, 1.82) is 5.26 Å². The molecule has 7 heteroatoms. The fourth-order valence-corrected chi connectivity index (χ4v) is 1.61. The molecule has 0 bridgehead atoms. The molecular weight excluding hydrogens is 248 g/mol. The molecule has 0 aliphatic carbocycles. The summed E-state index contributed by atoms with van der Waals surface area (Å²) in [6.07, 6.45) is 2.40. The van der Waals surface area contributed by atoms with Crippen molar-refractivity contribution in [3.63, 3.8) is 0 Å². The zero-order valence-electron chi connectivity index (χ0n) is 10.9. The van der Waals surface area contributed by atoms with Gasteiger partial charge in [-0.3, -0.25) is 10.1 Å². The van der Waals surface area contributed by atoms with E-state index < -0.39 is 10.5 Å². The quantitative estimate of drug-likeness (QED) is 0.598. The maximum atomic E-state index is 11.0. The monoisotopic (exact) mass is 264 g/mol. The molecule has 0 aliphatic heterocycles. The normalized spacial score (nSPS) is 13.4. The van der Waals surface area contributed by atoms with Crippen LogP contribution in [0.25, 0.3) is 0 Å². The van der Waals surface area contributed by atoms with E-state index in [-0.39, 0.29) is 23.7 Å². The lowest BCUT2D eigenvalue weighted by atomic mass is 9.95. The molecular formula is C12H16N4O3. The standard InChI is InChI=1S/C12H16N4O3/c1-3-12(2,4-5-17)15-11-10(16(18)19)6-9(7-13)8-14-11/h6,8,17H,3-5H2,1-2H3,(H,14,15). The summed E-state index contributed by atoms with van der Waals surface area (Å²) in [7, 11) is 0. The van der Waals surface area contributed by atoms with E-state index in [2.05, 4.69) is 10.3 Å². The van der Waals surface area contributed by atoms with Crippen LogP contribution in [-0.4, -0.2) is 27.2 Å². The van der Waals surface area contributed by atoms with E-state index in [0.29, 0.717) is 12.8 Å². The summed E-state index contributed by atoms with van der Waals surface area (Å²) in [6, 6.07) is 3.00. The van der Waals surface area contributed by atoms with Crippen LogP contribution in [0, 0.1) is 21.4 Å². The Balaban J connectivity index is 3.13. The van der Waals surface area contributed by atoms with Gasteiger partial charge in [0.1, 0.15) is 6.07 Å². The van der Waals surface area contributed by atoms with E-state index >= 15 is 0 Å². The Hall–Kier alpha value is -2.20. The number of hydrogen-bond donors (Lipinski definition) is 2. The van der Waals surface area contributed by atoms with Gasteiger partial charge in [0.25, 0.3) is 0 Å². The van der Waals surface area contributed by atoms with E-state index in [0.717, 1.165) is 0 Å². The van der Waals surface area contributed by atoms with Gasteiger partial charge in [-0.25, -0.2) is 4.98 Å². The minimum atomic E-state index is -0.578. The second kappa shape index (κ2) is 6.11. The van der Waals surface area contributed by atoms with Crippen LogP contribution in [0.2, 0.25) is 0 Å². The van der Waals surface area contributed by atoms with E-state index in [1.54, 1.807) is 0 Å². The second-order valence-electron chi connectivity index (χ2n) is 4.47.